The zero-order valence-corrected chi connectivity index (χ0v) is 20.3. The van der Waals surface area contributed by atoms with Crippen LogP contribution < -0.4 is 21.1 Å². The number of halogens is 2. The van der Waals surface area contributed by atoms with Crippen molar-refractivity contribution in [3.63, 3.8) is 0 Å². The summed E-state index contributed by atoms with van der Waals surface area (Å²) in [5.41, 5.74) is 8.03. The number of nitrogens with zero attached hydrogens (tertiary/aromatic N) is 2. The van der Waals surface area contributed by atoms with Gasteiger partial charge in [0.05, 0.1) is 0 Å². The van der Waals surface area contributed by atoms with E-state index in [9.17, 15) is 9.18 Å². The molecule has 4 N–H and O–H groups in total. The number of nitrogen functional groups attached to an aromatic ring is 1. The van der Waals surface area contributed by atoms with Crippen LogP contribution in [0.1, 0.15) is 39.5 Å². The van der Waals surface area contributed by atoms with E-state index in [0.717, 1.165) is 22.6 Å². The van der Waals surface area contributed by atoms with Crippen molar-refractivity contribution in [3.8, 4) is 17.0 Å². The number of fused-ring (bicyclic) bond motifs is 1. The number of carbonyl (C=O) groups excluding carboxylic acids is 1. The Hall–Kier alpha value is -3.11. The molecule has 0 spiro atoms. The van der Waals surface area contributed by atoms with Gasteiger partial charge in [-0.3, -0.25) is 4.79 Å². The fourth-order valence-electron chi connectivity index (χ4n) is 4.14. The second kappa shape index (κ2) is 9.27. The minimum Gasteiger partial charge on any atom is -0.486 e. The Kier molecular flexibility index (Phi) is 6.55. The summed E-state index contributed by atoms with van der Waals surface area (Å²) in [6.07, 6.45) is 2.58. The number of benzene rings is 1. The Labute approximate surface area is 200 Å². The minimum atomic E-state index is -0.609. The third-order valence-electron chi connectivity index (χ3n) is 5.83. The molecular formula is C24H27F2N5O2S. The molecule has 10 heteroatoms. The maximum atomic E-state index is 15.0. The van der Waals surface area contributed by atoms with Crippen molar-refractivity contribution in [1.82, 2.24) is 15.3 Å². The molecule has 3 aromatic rings. The molecule has 0 atom stereocenters. The van der Waals surface area contributed by atoms with E-state index in [0.29, 0.717) is 42.0 Å². The number of likely N-dealkylation sites (N-methyl/N-ethyl adjacent to an activating group) is 1. The first-order valence-electron chi connectivity index (χ1n) is 10.9. The minimum absolute atomic E-state index is 0.00748. The molecule has 2 heterocycles. The second-order valence-corrected chi connectivity index (χ2v) is 10.2. The quantitative estimate of drug-likeness (QED) is 0.428. The van der Waals surface area contributed by atoms with Gasteiger partial charge < -0.3 is 21.1 Å². The van der Waals surface area contributed by atoms with E-state index in [2.05, 4.69) is 34.4 Å². The second-order valence-electron chi connectivity index (χ2n) is 9.13. The molecule has 4 rings (SSSR count). The standard InChI is InChI=1S/C24H27F2N5O2S/c1-12-14(19-20(33-6-5-28-4)22(27)30-11-29-19)7-13(25)8-16(12)31-23(32)21-18(26)15-9-24(2,3)10-17(15)34-21/h7-8,11,28H,5-6,9-10H2,1-4H3,(H,31,32)(H2,27,29,30). The summed E-state index contributed by atoms with van der Waals surface area (Å²) in [7, 11) is 1.78. The highest BCUT2D eigenvalue weighted by Crippen LogP contribution is 2.43. The third-order valence-corrected chi connectivity index (χ3v) is 7.04. The fourth-order valence-corrected chi connectivity index (χ4v) is 5.49. The predicted molar refractivity (Wildman–Crippen MR) is 129 cm³/mol. The topological polar surface area (TPSA) is 102 Å². The Balaban J connectivity index is 1.67. The van der Waals surface area contributed by atoms with Crippen LogP contribution in [-0.2, 0) is 12.8 Å². The van der Waals surface area contributed by atoms with Gasteiger partial charge in [-0.15, -0.1) is 11.3 Å². The molecule has 7 nitrogen and oxygen atoms in total. The molecule has 0 fully saturated rings. The van der Waals surface area contributed by atoms with E-state index >= 15 is 4.39 Å². The Morgan fingerprint density at radius 1 is 1.26 bits per heavy atom. The summed E-state index contributed by atoms with van der Waals surface area (Å²) < 4.78 is 35.4. The molecule has 0 bridgehead atoms. The van der Waals surface area contributed by atoms with Gasteiger partial charge in [0.1, 0.15) is 35.1 Å². The van der Waals surface area contributed by atoms with Crippen molar-refractivity contribution in [2.75, 3.05) is 31.2 Å². The van der Waals surface area contributed by atoms with Gasteiger partial charge in [0.25, 0.3) is 5.91 Å². The van der Waals surface area contributed by atoms with Crippen molar-refractivity contribution in [1.29, 1.82) is 0 Å². The van der Waals surface area contributed by atoms with Crippen LogP contribution in [0, 0.1) is 24.0 Å². The van der Waals surface area contributed by atoms with Gasteiger partial charge in [-0.1, -0.05) is 13.8 Å². The lowest BCUT2D eigenvalue weighted by atomic mass is 9.90. The lowest BCUT2D eigenvalue weighted by molar-refractivity contribution is 0.102. The van der Waals surface area contributed by atoms with Crippen molar-refractivity contribution in [2.24, 2.45) is 5.41 Å². The highest BCUT2D eigenvalue weighted by molar-refractivity contribution is 7.14. The Morgan fingerprint density at radius 2 is 2.03 bits per heavy atom. The molecule has 1 aromatic carbocycles. The van der Waals surface area contributed by atoms with Crippen molar-refractivity contribution < 1.29 is 18.3 Å². The van der Waals surface area contributed by atoms with E-state index in [4.69, 9.17) is 10.5 Å². The van der Waals surface area contributed by atoms with E-state index in [1.54, 1.807) is 14.0 Å². The van der Waals surface area contributed by atoms with Crippen molar-refractivity contribution >= 4 is 28.7 Å². The predicted octanol–water partition coefficient (Wildman–Crippen LogP) is 4.35. The van der Waals surface area contributed by atoms with Gasteiger partial charge in [-0.05, 0) is 49.9 Å². The summed E-state index contributed by atoms with van der Waals surface area (Å²) in [6.45, 7) is 6.73. The number of hydrogen-bond donors (Lipinski definition) is 3. The van der Waals surface area contributed by atoms with E-state index in [1.807, 2.05) is 0 Å². The number of carbonyl (C=O) groups is 1. The monoisotopic (exact) mass is 487 g/mol. The molecule has 2 aromatic heterocycles. The molecular weight excluding hydrogens is 460 g/mol. The Morgan fingerprint density at radius 3 is 2.74 bits per heavy atom. The van der Waals surface area contributed by atoms with Crippen LogP contribution in [-0.4, -0.2) is 36.1 Å². The normalized spacial score (nSPS) is 14.2. The van der Waals surface area contributed by atoms with Crippen LogP contribution in [0.3, 0.4) is 0 Å². The van der Waals surface area contributed by atoms with Gasteiger partial charge in [0.2, 0.25) is 0 Å². The maximum absolute atomic E-state index is 15.0. The van der Waals surface area contributed by atoms with Crippen molar-refractivity contribution in [2.45, 2.75) is 33.6 Å². The smallest absolute Gasteiger partial charge is 0.268 e. The van der Waals surface area contributed by atoms with Gasteiger partial charge in [-0.2, -0.15) is 0 Å². The lowest BCUT2D eigenvalue weighted by Crippen LogP contribution is -2.17. The van der Waals surface area contributed by atoms with E-state index < -0.39 is 17.5 Å². The lowest BCUT2D eigenvalue weighted by Gasteiger charge is -2.17. The number of aromatic nitrogens is 2. The Bertz CT molecular complexity index is 1260. The number of hydrogen-bond acceptors (Lipinski definition) is 7. The van der Waals surface area contributed by atoms with Crippen LogP contribution in [0.4, 0.5) is 20.3 Å². The van der Waals surface area contributed by atoms with E-state index in [-0.39, 0.29) is 27.5 Å². The first kappa shape index (κ1) is 24.0. The molecule has 0 radical (unpaired) electrons. The number of nitrogens with one attached hydrogen (secondary N) is 2. The number of thiophene rings is 1. The first-order valence-corrected chi connectivity index (χ1v) is 11.7. The molecule has 1 aliphatic rings. The average Bonchev–Trinajstić information content (AvgIpc) is 3.24. The third kappa shape index (κ3) is 4.60. The molecule has 0 saturated carbocycles. The summed E-state index contributed by atoms with van der Waals surface area (Å²) in [4.78, 5) is 22.1. The molecule has 34 heavy (non-hydrogen) atoms. The number of nitrogens with two attached hydrogens (primary N) is 1. The van der Waals surface area contributed by atoms with Crippen molar-refractivity contribution in [3.05, 3.63) is 51.0 Å². The fraction of sp³-hybridized carbons (Fsp3) is 0.375. The first-order chi connectivity index (χ1) is 16.1. The van der Waals surface area contributed by atoms with Crippen LogP contribution in [0.5, 0.6) is 5.75 Å². The van der Waals surface area contributed by atoms with Crippen LogP contribution >= 0.6 is 11.3 Å². The number of anilines is 2. The molecule has 1 amide bonds. The van der Waals surface area contributed by atoms with Crippen LogP contribution in [0.2, 0.25) is 0 Å². The van der Waals surface area contributed by atoms with Gasteiger partial charge in [0, 0.05) is 28.2 Å². The summed E-state index contributed by atoms with van der Waals surface area (Å²) in [6, 6.07) is 2.49. The molecule has 0 unspecified atom stereocenters. The van der Waals surface area contributed by atoms with Crippen LogP contribution in [0.15, 0.2) is 18.5 Å². The zero-order valence-electron chi connectivity index (χ0n) is 19.5. The highest BCUT2D eigenvalue weighted by atomic mass is 32.1. The highest BCUT2D eigenvalue weighted by Gasteiger charge is 2.35. The maximum Gasteiger partial charge on any atom is 0.268 e. The van der Waals surface area contributed by atoms with E-state index in [1.165, 1.54) is 18.5 Å². The molecule has 0 aliphatic heterocycles. The molecule has 1 aliphatic carbocycles. The summed E-state index contributed by atoms with van der Waals surface area (Å²) >= 11 is 1.16. The molecule has 180 valence electrons. The SMILES string of the molecule is CNCCOc1c(N)ncnc1-c1cc(F)cc(NC(=O)c2sc3c(c2F)CC(C)(C)C3)c1C. The average molecular weight is 488 g/mol. The van der Waals surface area contributed by atoms with Gasteiger partial charge in [-0.25, -0.2) is 18.7 Å². The zero-order chi connectivity index (χ0) is 24.6. The van der Waals surface area contributed by atoms with Crippen LogP contribution in [0.25, 0.3) is 11.3 Å². The van der Waals surface area contributed by atoms with Gasteiger partial charge >= 0.3 is 0 Å². The number of amides is 1. The number of rotatable bonds is 7. The molecule has 0 saturated heterocycles. The largest absolute Gasteiger partial charge is 0.486 e. The summed E-state index contributed by atoms with van der Waals surface area (Å²) in [5.74, 6) is -1.34. The van der Waals surface area contributed by atoms with Gasteiger partial charge in [0.15, 0.2) is 11.6 Å². The summed E-state index contributed by atoms with van der Waals surface area (Å²) in [5, 5.41) is 5.64. The number of ether oxygens (including phenoxy) is 1.